The molecule has 23 heavy (non-hydrogen) atoms. The molecule has 0 spiro atoms. The highest BCUT2D eigenvalue weighted by molar-refractivity contribution is 6.30. The van der Waals surface area contributed by atoms with Crippen molar-refractivity contribution in [3.8, 4) is 0 Å². The molecule has 1 aliphatic heterocycles. The number of aromatic nitrogens is 4. The predicted molar refractivity (Wildman–Crippen MR) is 92.9 cm³/mol. The van der Waals surface area contributed by atoms with Gasteiger partial charge < -0.3 is 4.90 Å². The first kappa shape index (κ1) is 16.2. The van der Waals surface area contributed by atoms with E-state index in [1.165, 1.54) is 0 Å². The third kappa shape index (κ3) is 3.20. The largest absolute Gasteiger partial charge is 0.349 e. The molecule has 3 rings (SSSR count). The summed E-state index contributed by atoms with van der Waals surface area (Å²) in [7, 11) is 0. The summed E-state index contributed by atoms with van der Waals surface area (Å²) in [6.45, 7) is 10.2. The van der Waals surface area contributed by atoms with Gasteiger partial charge in [-0.15, -0.1) is 0 Å². The standard InChI is InChI=1S/C17H24ClN5/c1-11(2)9-23-17(18)16(13(4)21-23)14-6-5-7-22(14)15-8-12(3)19-10-20-15/h8,10-11,14H,5-7,9H2,1-4H3. The molecule has 3 heterocycles. The van der Waals surface area contributed by atoms with Gasteiger partial charge in [0.1, 0.15) is 17.3 Å². The van der Waals surface area contributed by atoms with E-state index in [4.69, 9.17) is 11.6 Å². The van der Waals surface area contributed by atoms with Crippen LogP contribution in [0.5, 0.6) is 0 Å². The molecule has 124 valence electrons. The Bertz CT molecular complexity index is 694. The molecule has 2 aromatic rings. The molecule has 1 fully saturated rings. The van der Waals surface area contributed by atoms with E-state index in [-0.39, 0.29) is 6.04 Å². The molecule has 6 heteroatoms. The highest BCUT2D eigenvalue weighted by atomic mass is 35.5. The van der Waals surface area contributed by atoms with Crippen LogP contribution in [0.1, 0.15) is 49.7 Å². The summed E-state index contributed by atoms with van der Waals surface area (Å²) in [6, 6.07) is 2.29. The van der Waals surface area contributed by atoms with Gasteiger partial charge in [-0.1, -0.05) is 25.4 Å². The van der Waals surface area contributed by atoms with Gasteiger partial charge in [0.05, 0.1) is 11.7 Å². The van der Waals surface area contributed by atoms with E-state index < -0.39 is 0 Å². The number of aryl methyl sites for hydroxylation is 2. The third-order valence-corrected chi connectivity index (χ3v) is 4.72. The van der Waals surface area contributed by atoms with Crippen molar-refractivity contribution in [2.45, 2.75) is 53.1 Å². The number of nitrogens with zero attached hydrogens (tertiary/aromatic N) is 5. The molecule has 1 unspecified atom stereocenters. The van der Waals surface area contributed by atoms with Crippen LogP contribution in [0.25, 0.3) is 0 Å². The second kappa shape index (κ2) is 6.48. The van der Waals surface area contributed by atoms with Crippen molar-refractivity contribution in [1.29, 1.82) is 0 Å². The van der Waals surface area contributed by atoms with E-state index in [2.05, 4.69) is 40.7 Å². The first-order valence-corrected chi connectivity index (χ1v) is 8.63. The summed E-state index contributed by atoms with van der Waals surface area (Å²) < 4.78 is 1.94. The molecular formula is C17H24ClN5. The van der Waals surface area contributed by atoms with Gasteiger partial charge in [-0.25, -0.2) is 9.97 Å². The molecule has 5 nitrogen and oxygen atoms in total. The lowest BCUT2D eigenvalue weighted by Crippen LogP contribution is -2.24. The van der Waals surface area contributed by atoms with Gasteiger partial charge in [0.2, 0.25) is 0 Å². The van der Waals surface area contributed by atoms with Gasteiger partial charge in [0.25, 0.3) is 0 Å². The Morgan fingerprint density at radius 3 is 2.78 bits per heavy atom. The zero-order valence-corrected chi connectivity index (χ0v) is 15.0. The summed E-state index contributed by atoms with van der Waals surface area (Å²) in [5.41, 5.74) is 3.17. The second-order valence-corrected chi connectivity index (χ2v) is 7.09. The normalized spacial score (nSPS) is 18.2. The SMILES string of the molecule is Cc1cc(N2CCCC2c2c(C)nn(CC(C)C)c2Cl)ncn1. The summed E-state index contributed by atoms with van der Waals surface area (Å²) in [6.07, 6.45) is 3.85. The van der Waals surface area contributed by atoms with Gasteiger partial charge in [0, 0.05) is 30.4 Å². The molecular weight excluding hydrogens is 310 g/mol. The van der Waals surface area contributed by atoms with E-state index >= 15 is 0 Å². The number of hydrogen-bond acceptors (Lipinski definition) is 4. The molecule has 1 aliphatic rings. The quantitative estimate of drug-likeness (QED) is 0.850. The van der Waals surface area contributed by atoms with E-state index in [9.17, 15) is 0 Å². The lowest BCUT2D eigenvalue weighted by Gasteiger charge is -2.26. The second-order valence-electron chi connectivity index (χ2n) is 6.73. The molecule has 0 aromatic carbocycles. The first-order valence-electron chi connectivity index (χ1n) is 8.25. The minimum atomic E-state index is 0.248. The van der Waals surface area contributed by atoms with Crippen molar-refractivity contribution < 1.29 is 0 Å². The third-order valence-electron chi connectivity index (χ3n) is 4.32. The first-order chi connectivity index (χ1) is 11.0. The van der Waals surface area contributed by atoms with E-state index in [1.54, 1.807) is 6.33 Å². The highest BCUT2D eigenvalue weighted by Gasteiger charge is 2.32. The monoisotopic (exact) mass is 333 g/mol. The van der Waals surface area contributed by atoms with E-state index in [0.717, 1.165) is 53.9 Å². The van der Waals surface area contributed by atoms with Gasteiger partial charge in [-0.3, -0.25) is 4.68 Å². The Hall–Kier alpha value is -1.62. The van der Waals surface area contributed by atoms with Crippen LogP contribution in [0, 0.1) is 19.8 Å². The van der Waals surface area contributed by atoms with Crippen LogP contribution in [0.3, 0.4) is 0 Å². The number of halogens is 1. The Labute approximate surface area is 142 Å². The lowest BCUT2D eigenvalue weighted by molar-refractivity contribution is 0.481. The maximum atomic E-state index is 6.68. The average Bonchev–Trinajstić information content (AvgIpc) is 3.04. The lowest BCUT2D eigenvalue weighted by atomic mass is 10.1. The topological polar surface area (TPSA) is 46.8 Å². The summed E-state index contributed by atoms with van der Waals surface area (Å²) in [5.74, 6) is 1.50. The molecule has 1 saturated heterocycles. The number of anilines is 1. The Balaban J connectivity index is 1.96. The number of rotatable bonds is 4. The zero-order chi connectivity index (χ0) is 16.6. The van der Waals surface area contributed by atoms with Crippen molar-refractivity contribution in [2.75, 3.05) is 11.4 Å². The van der Waals surface area contributed by atoms with Crippen LogP contribution in [0.4, 0.5) is 5.82 Å². The fraction of sp³-hybridized carbons (Fsp3) is 0.588. The summed E-state index contributed by atoms with van der Waals surface area (Å²) in [5, 5.41) is 5.44. The van der Waals surface area contributed by atoms with Gasteiger partial charge in [0.15, 0.2) is 0 Å². The van der Waals surface area contributed by atoms with E-state index in [1.807, 2.05) is 17.7 Å². The zero-order valence-electron chi connectivity index (χ0n) is 14.3. The van der Waals surface area contributed by atoms with Crippen LogP contribution >= 0.6 is 11.6 Å². The molecule has 0 radical (unpaired) electrons. The maximum Gasteiger partial charge on any atom is 0.132 e. The molecule has 1 atom stereocenters. The van der Waals surface area contributed by atoms with Crippen molar-refractivity contribution >= 4 is 17.4 Å². The minimum Gasteiger partial charge on any atom is -0.349 e. The van der Waals surface area contributed by atoms with Crippen molar-refractivity contribution in [1.82, 2.24) is 19.7 Å². The molecule has 0 aliphatic carbocycles. The summed E-state index contributed by atoms with van der Waals surface area (Å²) >= 11 is 6.68. The Morgan fingerprint density at radius 1 is 1.30 bits per heavy atom. The number of hydrogen-bond donors (Lipinski definition) is 0. The van der Waals surface area contributed by atoms with Crippen LogP contribution in [-0.4, -0.2) is 26.3 Å². The van der Waals surface area contributed by atoms with Gasteiger partial charge >= 0.3 is 0 Å². The van der Waals surface area contributed by atoms with Crippen LogP contribution in [-0.2, 0) is 6.54 Å². The Kier molecular flexibility index (Phi) is 4.57. The maximum absolute atomic E-state index is 6.68. The smallest absolute Gasteiger partial charge is 0.132 e. The van der Waals surface area contributed by atoms with Crippen LogP contribution in [0.15, 0.2) is 12.4 Å². The van der Waals surface area contributed by atoms with E-state index in [0.29, 0.717) is 5.92 Å². The Morgan fingerprint density at radius 2 is 2.09 bits per heavy atom. The fourth-order valence-corrected chi connectivity index (χ4v) is 3.72. The molecule has 0 amide bonds. The van der Waals surface area contributed by atoms with Crippen molar-refractivity contribution in [3.05, 3.63) is 34.5 Å². The van der Waals surface area contributed by atoms with Gasteiger partial charge in [-0.2, -0.15) is 5.10 Å². The summed E-state index contributed by atoms with van der Waals surface area (Å²) in [4.78, 5) is 11.0. The van der Waals surface area contributed by atoms with Crippen LogP contribution < -0.4 is 4.90 Å². The van der Waals surface area contributed by atoms with Crippen molar-refractivity contribution in [3.63, 3.8) is 0 Å². The molecule has 0 bridgehead atoms. The average molecular weight is 334 g/mol. The van der Waals surface area contributed by atoms with Gasteiger partial charge in [-0.05, 0) is 32.6 Å². The highest BCUT2D eigenvalue weighted by Crippen LogP contribution is 2.39. The molecule has 0 saturated carbocycles. The van der Waals surface area contributed by atoms with Crippen LogP contribution in [0.2, 0.25) is 5.15 Å². The fourth-order valence-electron chi connectivity index (χ4n) is 3.35. The minimum absolute atomic E-state index is 0.248. The molecule has 2 aromatic heterocycles. The van der Waals surface area contributed by atoms with Crippen molar-refractivity contribution in [2.24, 2.45) is 5.92 Å². The molecule has 0 N–H and O–H groups in total. The predicted octanol–water partition coefficient (Wildman–Crippen LogP) is 3.94.